The minimum atomic E-state index is -0.725. The van der Waals surface area contributed by atoms with E-state index in [1.807, 2.05) is 75.4 Å². The number of alkyl carbamates (subject to hydrolysis) is 1. The molecule has 0 spiro atoms. The van der Waals surface area contributed by atoms with Gasteiger partial charge in [-0.05, 0) is 23.3 Å². The third kappa shape index (κ3) is 7.50. The fourth-order valence-corrected chi connectivity index (χ4v) is 3.04. The first-order valence-electron chi connectivity index (χ1n) is 9.38. The molecule has 0 heterocycles. The molecule has 0 aliphatic carbocycles. The van der Waals surface area contributed by atoms with Crippen LogP contribution < -0.4 is 10.6 Å². The van der Waals surface area contributed by atoms with Crippen molar-refractivity contribution in [3.05, 3.63) is 70.7 Å². The molecule has 0 aliphatic heterocycles. The van der Waals surface area contributed by atoms with Crippen LogP contribution in [0.3, 0.4) is 0 Å². The molecule has 0 aliphatic rings. The Morgan fingerprint density at radius 2 is 1.82 bits per heavy atom. The van der Waals surface area contributed by atoms with Crippen LogP contribution in [0.2, 0.25) is 5.02 Å². The molecule has 0 bridgehead atoms. The van der Waals surface area contributed by atoms with Crippen LogP contribution in [0.5, 0.6) is 0 Å². The van der Waals surface area contributed by atoms with Crippen molar-refractivity contribution in [3.8, 4) is 0 Å². The zero-order valence-corrected chi connectivity index (χ0v) is 17.4. The monoisotopic (exact) mass is 404 g/mol. The highest BCUT2D eigenvalue weighted by atomic mass is 35.5. The molecule has 0 fully saturated rings. The van der Waals surface area contributed by atoms with Crippen molar-refractivity contribution in [2.75, 3.05) is 13.1 Å². The lowest BCUT2D eigenvalue weighted by Crippen LogP contribution is -2.39. The van der Waals surface area contributed by atoms with Gasteiger partial charge >= 0.3 is 6.09 Å². The van der Waals surface area contributed by atoms with E-state index in [-0.39, 0.29) is 18.1 Å². The summed E-state index contributed by atoms with van der Waals surface area (Å²) in [7, 11) is 0. The van der Waals surface area contributed by atoms with Gasteiger partial charge in [0.05, 0.1) is 6.10 Å². The van der Waals surface area contributed by atoms with Crippen LogP contribution in [0.15, 0.2) is 54.6 Å². The molecule has 28 heavy (non-hydrogen) atoms. The average molecular weight is 405 g/mol. The number of nitrogens with one attached hydrogen (secondary N) is 2. The zero-order chi connectivity index (χ0) is 20.6. The number of hydrogen-bond donors (Lipinski definition) is 3. The molecule has 0 saturated carbocycles. The van der Waals surface area contributed by atoms with E-state index >= 15 is 0 Å². The summed E-state index contributed by atoms with van der Waals surface area (Å²) in [4.78, 5) is 12.2. The largest absolute Gasteiger partial charge is 0.441 e. The molecule has 6 heteroatoms. The molecule has 1 amide bonds. The van der Waals surface area contributed by atoms with Crippen molar-refractivity contribution in [2.24, 2.45) is 5.41 Å². The van der Waals surface area contributed by atoms with Gasteiger partial charge < -0.3 is 20.5 Å². The Kier molecular flexibility index (Phi) is 8.30. The minimum absolute atomic E-state index is 0.104. The quantitative estimate of drug-likeness (QED) is 0.613. The van der Waals surface area contributed by atoms with Gasteiger partial charge in [0, 0.05) is 30.1 Å². The van der Waals surface area contributed by atoms with Crippen LogP contribution in [0, 0.1) is 5.41 Å². The molecule has 2 atom stereocenters. The highest BCUT2D eigenvalue weighted by molar-refractivity contribution is 6.30. The number of aliphatic hydroxyl groups excluding tert-OH is 1. The van der Waals surface area contributed by atoms with Gasteiger partial charge in [0.25, 0.3) is 0 Å². The fraction of sp³-hybridized carbons (Fsp3) is 0.409. The lowest BCUT2D eigenvalue weighted by Gasteiger charge is -2.30. The Bertz CT molecular complexity index is 747. The number of carbonyl (C=O) groups excluding carboxylic acids is 1. The van der Waals surface area contributed by atoms with E-state index in [2.05, 4.69) is 10.6 Å². The first-order chi connectivity index (χ1) is 13.3. The first kappa shape index (κ1) is 22.2. The predicted octanol–water partition coefficient (Wildman–Crippen LogP) is 4.30. The molecule has 5 nitrogen and oxygen atoms in total. The number of hydrogen-bond acceptors (Lipinski definition) is 4. The topological polar surface area (TPSA) is 70.6 Å². The third-order valence-corrected chi connectivity index (χ3v) is 4.43. The molecule has 0 saturated heterocycles. The molecule has 0 radical (unpaired) electrons. The van der Waals surface area contributed by atoms with E-state index in [9.17, 15) is 9.90 Å². The standard InChI is InChI=1S/C22H29ClN2O3/c1-22(2,3)20(17-9-5-4-6-10-17)28-21(27)25-15-19(26)14-24-13-16-8-7-11-18(23)12-16/h4-12,19-20,24,26H,13-15H2,1-3H3,(H,25,27). The van der Waals surface area contributed by atoms with Crippen LogP contribution >= 0.6 is 11.6 Å². The molecular weight excluding hydrogens is 376 g/mol. The van der Waals surface area contributed by atoms with Crippen molar-refractivity contribution in [2.45, 2.75) is 39.5 Å². The molecule has 152 valence electrons. The van der Waals surface area contributed by atoms with Gasteiger partial charge in [-0.1, -0.05) is 74.8 Å². The number of halogens is 1. The molecular formula is C22H29ClN2O3. The van der Waals surface area contributed by atoms with E-state index in [0.717, 1.165) is 11.1 Å². The van der Waals surface area contributed by atoms with E-state index in [4.69, 9.17) is 16.3 Å². The van der Waals surface area contributed by atoms with Gasteiger partial charge in [0.1, 0.15) is 6.10 Å². The summed E-state index contributed by atoms with van der Waals surface area (Å²) in [6, 6.07) is 17.2. The predicted molar refractivity (Wildman–Crippen MR) is 112 cm³/mol. The van der Waals surface area contributed by atoms with Crippen molar-refractivity contribution < 1.29 is 14.6 Å². The summed E-state index contributed by atoms with van der Waals surface area (Å²) < 4.78 is 5.64. The molecule has 2 rings (SSSR count). The second-order valence-electron chi connectivity index (χ2n) is 7.86. The van der Waals surface area contributed by atoms with Gasteiger partial charge in [-0.2, -0.15) is 0 Å². The lowest BCUT2D eigenvalue weighted by atomic mass is 9.84. The average Bonchev–Trinajstić information content (AvgIpc) is 2.64. The molecule has 2 aromatic carbocycles. The maximum absolute atomic E-state index is 12.2. The number of aliphatic hydroxyl groups is 1. The number of rotatable bonds is 8. The van der Waals surface area contributed by atoms with Crippen molar-refractivity contribution in [3.63, 3.8) is 0 Å². The molecule has 3 N–H and O–H groups in total. The van der Waals surface area contributed by atoms with E-state index < -0.39 is 12.2 Å². The minimum Gasteiger partial charge on any atom is -0.441 e. The van der Waals surface area contributed by atoms with Gasteiger partial charge in [0.2, 0.25) is 0 Å². The van der Waals surface area contributed by atoms with Crippen LogP contribution in [-0.4, -0.2) is 30.4 Å². The van der Waals surface area contributed by atoms with Crippen molar-refractivity contribution in [1.29, 1.82) is 0 Å². The molecule has 2 unspecified atom stereocenters. The second-order valence-corrected chi connectivity index (χ2v) is 8.29. The Labute approximate surface area is 172 Å². The van der Waals surface area contributed by atoms with Gasteiger partial charge in [-0.15, -0.1) is 0 Å². The van der Waals surface area contributed by atoms with Gasteiger partial charge in [-0.25, -0.2) is 4.79 Å². The Hall–Kier alpha value is -2.08. The highest BCUT2D eigenvalue weighted by Gasteiger charge is 2.30. The van der Waals surface area contributed by atoms with Crippen LogP contribution in [0.1, 0.15) is 38.0 Å². The third-order valence-electron chi connectivity index (χ3n) is 4.19. The summed E-state index contributed by atoms with van der Waals surface area (Å²) in [6.07, 6.45) is -1.65. The highest BCUT2D eigenvalue weighted by Crippen LogP contribution is 2.35. The maximum atomic E-state index is 12.2. The number of ether oxygens (including phenoxy) is 1. The fourth-order valence-electron chi connectivity index (χ4n) is 2.82. The lowest BCUT2D eigenvalue weighted by molar-refractivity contribution is 0.0281. The SMILES string of the molecule is CC(C)(C)C(OC(=O)NCC(O)CNCc1cccc(Cl)c1)c1ccccc1. The van der Waals surface area contributed by atoms with E-state index in [0.29, 0.717) is 18.1 Å². The van der Waals surface area contributed by atoms with Crippen molar-refractivity contribution >= 4 is 17.7 Å². The van der Waals surface area contributed by atoms with Gasteiger partial charge in [0.15, 0.2) is 0 Å². The summed E-state index contributed by atoms with van der Waals surface area (Å²) in [5.74, 6) is 0. The smallest absolute Gasteiger partial charge is 0.407 e. The summed E-state index contributed by atoms with van der Waals surface area (Å²) >= 11 is 5.95. The number of benzene rings is 2. The maximum Gasteiger partial charge on any atom is 0.407 e. The normalized spacial score (nSPS) is 13.6. The van der Waals surface area contributed by atoms with Crippen LogP contribution in [-0.2, 0) is 11.3 Å². The Morgan fingerprint density at radius 3 is 2.46 bits per heavy atom. The summed E-state index contributed by atoms with van der Waals surface area (Å²) in [5, 5.41) is 16.5. The number of amides is 1. The van der Waals surface area contributed by atoms with Crippen LogP contribution in [0.25, 0.3) is 0 Å². The zero-order valence-electron chi connectivity index (χ0n) is 16.6. The van der Waals surface area contributed by atoms with Crippen molar-refractivity contribution in [1.82, 2.24) is 10.6 Å². The van der Waals surface area contributed by atoms with E-state index in [1.165, 1.54) is 0 Å². The second kappa shape index (κ2) is 10.5. The Balaban J connectivity index is 1.77. The molecule has 0 aromatic heterocycles. The Morgan fingerprint density at radius 1 is 1.11 bits per heavy atom. The van der Waals surface area contributed by atoms with Crippen LogP contribution in [0.4, 0.5) is 4.79 Å². The molecule has 2 aromatic rings. The summed E-state index contributed by atoms with van der Waals surface area (Å²) in [5.41, 5.74) is 1.72. The summed E-state index contributed by atoms with van der Waals surface area (Å²) in [6.45, 7) is 7.09. The van der Waals surface area contributed by atoms with E-state index in [1.54, 1.807) is 0 Å². The first-order valence-corrected chi connectivity index (χ1v) is 9.76. The number of carbonyl (C=O) groups is 1. The van der Waals surface area contributed by atoms with Gasteiger partial charge in [-0.3, -0.25) is 0 Å².